The zero-order chi connectivity index (χ0) is 15.3. The smallest absolute Gasteiger partial charge is 0.318 e. The summed E-state index contributed by atoms with van der Waals surface area (Å²) in [6, 6.07) is 4.32. The van der Waals surface area contributed by atoms with E-state index >= 15 is 0 Å². The molecule has 0 aromatic heterocycles. The number of hydrogen-bond acceptors (Lipinski definition) is 4. The number of benzene rings is 1. The maximum absolute atomic E-state index is 13.0. The lowest BCUT2D eigenvalue weighted by atomic mass is 9.90. The summed E-state index contributed by atoms with van der Waals surface area (Å²) < 4.78 is 17.5. The van der Waals surface area contributed by atoms with Crippen LogP contribution in [0.5, 0.6) is 0 Å². The number of carbonyl (C=O) groups is 3. The first kappa shape index (κ1) is 15.8. The van der Waals surface area contributed by atoms with Crippen molar-refractivity contribution in [1.29, 1.82) is 0 Å². The number of Topliss-reactive ketones (excluding diaryl/α,β-unsaturated/α-hetero) is 1. The predicted molar refractivity (Wildman–Crippen MR) is 69.1 cm³/mol. The van der Waals surface area contributed by atoms with E-state index in [0.29, 0.717) is 5.56 Å². The Kier molecular flexibility index (Phi) is 5.37. The van der Waals surface area contributed by atoms with E-state index in [1.54, 1.807) is 0 Å². The molecule has 1 N–H and O–H groups in total. The van der Waals surface area contributed by atoms with Crippen molar-refractivity contribution in [3.8, 4) is 0 Å². The second-order valence-electron chi connectivity index (χ2n) is 4.34. The van der Waals surface area contributed by atoms with Gasteiger partial charge >= 0.3 is 5.97 Å². The van der Waals surface area contributed by atoms with Crippen molar-refractivity contribution in [1.82, 2.24) is 5.32 Å². The summed E-state index contributed by atoms with van der Waals surface area (Å²) >= 11 is 0. The molecule has 0 spiro atoms. The minimum absolute atomic E-state index is 0.408. The zero-order valence-electron chi connectivity index (χ0n) is 11.5. The normalized spacial score (nSPS) is 13.2. The number of carbonyl (C=O) groups excluding carboxylic acids is 3. The number of amides is 1. The highest BCUT2D eigenvalue weighted by Crippen LogP contribution is 2.24. The van der Waals surface area contributed by atoms with E-state index in [4.69, 9.17) is 0 Å². The fraction of sp³-hybridized carbons (Fsp3) is 0.357. The number of halogens is 1. The Labute approximate surface area is 116 Å². The summed E-state index contributed by atoms with van der Waals surface area (Å²) in [4.78, 5) is 34.7. The fourth-order valence-corrected chi connectivity index (χ4v) is 1.91. The minimum Gasteiger partial charge on any atom is -0.468 e. The molecule has 1 rings (SSSR count). The number of esters is 1. The van der Waals surface area contributed by atoms with Crippen LogP contribution in [0.3, 0.4) is 0 Å². The molecule has 1 aromatic carbocycles. The monoisotopic (exact) mass is 281 g/mol. The molecule has 1 aromatic rings. The van der Waals surface area contributed by atoms with Gasteiger partial charge < -0.3 is 10.1 Å². The van der Waals surface area contributed by atoms with Gasteiger partial charge in [0.05, 0.1) is 13.2 Å². The van der Waals surface area contributed by atoms with Gasteiger partial charge in [-0.05, 0) is 24.6 Å². The van der Waals surface area contributed by atoms with E-state index in [1.807, 2.05) is 0 Å². The molecule has 0 bridgehead atoms. The topological polar surface area (TPSA) is 72.5 Å². The number of ketones is 1. The zero-order valence-corrected chi connectivity index (χ0v) is 11.5. The lowest BCUT2D eigenvalue weighted by molar-refractivity contribution is -0.150. The Hall–Kier alpha value is -2.24. The van der Waals surface area contributed by atoms with Crippen LogP contribution in [0, 0.1) is 11.7 Å². The summed E-state index contributed by atoms with van der Waals surface area (Å²) in [6.07, 6.45) is 0. The van der Waals surface area contributed by atoms with E-state index in [0.717, 1.165) is 7.11 Å². The van der Waals surface area contributed by atoms with Crippen LogP contribution >= 0.6 is 0 Å². The Morgan fingerprint density at radius 1 is 1.15 bits per heavy atom. The molecule has 1 amide bonds. The summed E-state index contributed by atoms with van der Waals surface area (Å²) in [5.74, 6) is -3.22. The quantitative estimate of drug-likeness (QED) is 0.653. The molecule has 5 nitrogen and oxygen atoms in total. The van der Waals surface area contributed by atoms with Crippen LogP contribution in [-0.4, -0.2) is 24.8 Å². The van der Waals surface area contributed by atoms with E-state index in [9.17, 15) is 18.8 Å². The maximum Gasteiger partial charge on any atom is 0.318 e. The maximum atomic E-state index is 13.0. The lowest BCUT2D eigenvalue weighted by Crippen LogP contribution is -2.39. The molecular weight excluding hydrogens is 265 g/mol. The van der Waals surface area contributed by atoms with E-state index in [-0.39, 0.29) is 0 Å². The van der Waals surface area contributed by atoms with Crippen LogP contribution in [0.2, 0.25) is 0 Å². The van der Waals surface area contributed by atoms with Gasteiger partial charge in [-0.3, -0.25) is 14.4 Å². The van der Waals surface area contributed by atoms with Crippen molar-refractivity contribution < 1.29 is 23.5 Å². The molecule has 0 saturated heterocycles. The molecule has 0 heterocycles. The number of nitrogens with one attached hydrogen (secondary N) is 1. The SMILES string of the molecule is COC(=O)[C@@H](C(C)=O)[C@@H](NC(C)=O)c1ccc(F)cc1. The van der Waals surface area contributed by atoms with E-state index in [2.05, 4.69) is 10.1 Å². The summed E-state index contributed by atoms with van der Waals surface area (Å²) in [5, 5.41) is 2.53. The van der Waals surface area contributed by atoms with Crippen LogP contribution in [0.1, 0.15) is 25.5 Å². The summed E-state index contributed by atoms with van der Waals surface area (Å²) in [6.45, 7) is 2.50. The van der Waals surface area contributed by atoms with Gasteiger partial charge in [0.25, 0.3) is 0 Å². The molecule has 0 aliphatic carbocycles. The third kappa shape index (κ3) is 3.88. The predicted octanol–water partition coefficient (Wildman–Crippen LogP) is 1.38. The lowest BCUT2D eigenvalue weighted by Gasteiger charge is -2.24. The second kappa shape index (κ2) is 6.79. The molecule has 0 radical (unpaired) electrons. The van der Waals surface area contributed by atoms with Gasteiger partial charge in [0.2, 0.25) is 5.91 Å². The van der Waals surface area contributed by atoms with Crippen molar-refractivity contribution in [3.05, 3.63) is 35.6 Å². The fourth-order valence-electron chi connectivity index (χ4n) is 1.91. The van der Waals surface area contributed by atoms with Gasteiger partial charge in [-0.15, -0.1) is 0 Å². The van der Waals surface area contributed by atoms with Crippen molar-refractivity contribution in [2.45, 2.75) is 19.9 Å². The Morgan fingerprint density at radius 3 is 2.10 bits per heavy atom. The number of rotatable bonds is 5. The average molecular weight is 281 g/mol. The molecule has 20 heavy (non-hydrogen) atoms. The van der Waals surface area contributed by atoms with Crippen molar-refractivity contribution in [2.75, 3.05) is 7.11 Å². The summed E-state index contributed by atoms with van der Waals surface area (Å²) in [5.41, 5.74) is 0.451. The van der Waals surface area contributed by atoms with Crippen molar-refractivity contribution in [3.63, 3.8) is 0 Å². The number of ether oxygens (including phenoxy) is 1. The van der Waals surface area contributed by atoms with Gasteiger partial charge in [-0.2, -0.15) is 0 Å². The molecular formula is C14H16FNO4. The molecule has 108 valence electrons. The summed E-state index contributed by atoms with van der Waals surface area (Å²) in [7, 11) is 1.16. The van der Waals surface area contributed by atoms with Gasteiger partial charge in [0, 0.05) is 6.92 Å². The van der Waals surface area contributed by atoms with Crippen LogP contribution in [0.4, 0.5) is 4.39 Å². The molecule has 0 fully saturated rings. The first-order chi connectivity index (χ1) is 9.36. The molecule has 2 atom stereocenters. The van der Waals surface area contributed by atoms with Crippen LogP contribution < -0.4 is 5.32 Å². The van der Waals surface area contributed by atoms with Crippen LogP contribution in [0.25, 0.3) is 0 Å². The highest BCUT2D eigenvalue weighted by Gasteiger charge is 2.35. The molecule has 0 saturated carbocycles. The van der Waals surface area contributed by atoms with Gasteiger partial charge in [0.1, 0.15) is 17.5 Å². The van der Waals surface area contributed by atoms with Crippen molar-refractivity contribution >= 4 is 17.7 Å². The first-order valence-electron chi connectivity index (χ1n) is 5.97. The standard InChI is InChI=1S/C14H16FNO4/c1-8(17)12(14(19)20-3)13(16-9(2)18)10-4-6-11(15)7-5-10/h4-7,12-13H,1-3H3,(H,16,18)/t12-,13-/m0/s1. The van der Waals surface area contributed by atoms with Gasteiger partial charge in [-0.1, -0.05) is 12.1 Å². The number of methoxy groups -OCH3 is 1. The van der Waals surface area contributed by atoms with Gasteiger partial charge in [0.15, 0.2) is 0 Å². The van der Waals surface area contributed by atoms with E-state index < -0.39 is 35.4 Å². The Balaban J connectivity index is 3.21. The third-order valence-electron chi connectivity index (χ3n) is 2.81. The molecule has 0 aliphatic heterocycles. The van der Waals surface area contributed by atoms with Crippen molar-refractivity contribution in [2.24, 2.45) is 5.92 Å². The molecule has 0 aliphatic rings. The molecule has 6 heteroatoms. The van der Waals surface area contributed by atoms with Gasteiger partial charge in [-0.25, -0.2) is 4.39 Å². The average Bonchev–Trinajstić information content (AvgIpc) is 2.37. The largest absolute Gasteiger partial charge is 0.468 e. The minimum atomic E-state index is -1.17. The number of hydrogen-bond donors (Lipinski definition) is 1. The van der Waals surface area contributed by atoms with Crippen LogP contribution in [-0.2, 0) is 19.1 Å². The highest BCUT2D eigenvalue weighted by atomic mass is 19.1. The Morgan fingerprint density at radius 2 is 1.70 bits per heavy atom. The molecule has 0 unspecified atom stereocenters. The van der Waals surface area contributed by atoms with E-state index in [1.165, 1.54) is 38.1 Å². The second-order valence-corrected chi connectivity index (χ2v) is 4.34. The third-order valence-corrected chi connectivity index (χ3v) is 2.81. The Bertz CT molecular complexity index is 512. The first-order valence-corrected chi connectivity index (χ1v) is 5.97. The van der Waals surface area contributed by atoms with Crippen LogP contribution in [0.15, 0.2) is 24.3 Å². The highest BCUT2D eigenvalue weighted by molar-refractivity contribution is 5.99.